The lowest BCUT2D eigenvalue weighted by Crippen LogP contribution is -2.28. The van der Waals surface area contributed by atoms with E-state index in [1.807, 2.05) is 13.0 Å². The van der Waals surface area contributed by atoms with E-state index in [4.69, 9.17) is 0 Å². The Bertz CT molecular complexity index is 1370. The minimum Gasteiger partial charge on any atom is -0.323 e. The minimum atomic E-state index is -2.54. The number of alkyl halides is 2. The number of halogens is 2. The zero-order chi connectivity index (χ0) is 22.0. The third-order valence-electron chi connectivity index (χ3n) is 5.93. The molecular weight excluding hydrogens is 420 g/mol. The van der Waals surface area contributed by atoms with Crippen molar-refractivity contribution in [2.24, 2.45) is 0 Å². The topological polar surface area (TPSA) is 106 Å². The van der Waals surface area contributed by atoms with E-state index in [9.17, 15) is 13.6 Å². The first-order valence-electron chi connectivity index (χ1n) is 10.0. The van der Waals surface area contributed by atoms with Gasteiger partial charge in [-0.1, -0.05) is 0 Å². The lowest BCUT2D eigenvalue weighted by molar-refractivity contribution is -0.119. The molecule has 0 saturated heterocycles. The third kappa shape index (κ3) is 2.75. The van der Waals surface area contributed by atoms with Gasteiger partial charge in [-0.2, -0.15) is 15.2 Å². The lowest BCUT2D eigenvalue weighted by Gasteiger charge is -2.15. The third-order valence-corrected chi connectivity index (χ3v) is 5.93. The number of aromatic nitrogens is 7. The van der Waals surface area contributed by atoms with Crippen molar-refractivity contribution in [3.05, 3.63) is 48.3 Å². The highest BCUT2D eigenvalue weighted by Gasteiger charge is 2.60. The number of pyridine rings is 1. The molecule has 1 N–H and O–H groups in total. The molecule has 1 fully saturated rings. The van der Waals surface area contributed by atoms with Crippen molar-refractivity contribution in [3.63, 3.8) is 0 Å². The average Bonchev–Trinajstić information content (AvgIpc) is 3.12. The normalized spacial score (nSPS) is 16.4. The van der Waals surface area contributed by atoms with Gasteiger partial charge in [-0.05, 0) is 31.4 Å². The molecule has 10 nitrogen and oxygen atoms in total. The van der Waals surface area contributed by atoms with Crippen LogP contribution < -0.4 is 10.2 Å². The fraction of sp³-hybridized carbons (Fsp3) is 0.300. The molecule has 1 aliphatic heterocycles. The summed E-state index contributed by atoms with van der Waals surface area (Å²) >= 11 is 0. The summed E-state index contributed by atoms with van der Waals surface area (Å²) in [6, 6.07) is 1.88. The summed E-state index contributed by atoms with van der Waals surface area (Å²) in [6.45, 7) is 1.39. The summed E-state index contributed by atoms with van der Waals surface area (Å²) in [5.74, 6) is 0.624. The maximum Gasteiger partial charge on any atom is 0.257 e. The Kier molecular flexibility index (Phi) is 3.83. The van der Waals surface area contributed by atoms with Crippen molar-refractivity contribution in [2.45, 2.75) is 38.2 Å². The summed E-state index contributed by atoms with van der Waals surface area (Å²) in [5, 5.41) is 11.3. The van der Waals surface area contributed by atoms with Gasteiger partial charge in [-0.15, -0.1) is 0 Å². The quantitative estimate of drug-likeness (QED) is 0.512. The van der Waals surface area contributed by atoms with E-state index < -0.39 is 18.4 Å². The molecule has 6 rings (SSSR count). The molecular formula is C20H17F2N9O. The second-order valence-corrected chi connectivity index (χ2v) is 8.02. The molecule has 32 heavy (non-hydrogen) atoms. The fourth-order valence-electron chi connectivity index (χ4n) is 4.13. The Labute approximate surface area is 179 Å². The van der Waals surface area contributed by atoms with Crippen molar-refractivity contribution < 1.29 is 13.6 Å². The number of nitrogens with zero attached hydrogens (tertiary/aromatic N) is 8. The van der Waals surface area contributed by atoms with Crippen molar-refractivity contribution in [3.8, 4) is 0 Å². The van der Waals surface area contributed by atoms with Crippen LogP contribution in [0.15, 0.2) is 37.2 Å². The number of carbonyl (C=O) groups is 1. The van der Waals surface area contributed by atoms with Crippen LogP contribution in [0.4, 0.5) is 31.9 Å². The number of nitrogens with one attached hydrogen (secondary N) is 1. The molecule has 5 heterocycles. The Morgan fingerprint density at radius 3 is 2.81 bits per heavy atom. The largest absolute Gasteiger partial charge is 0.323 e. The van der Waals surface area contributed by atoms with Crippen LogP contribution in [-0.4, -0.2) is 46.7 Å². The summed E-state index contributed by atoms with van der Waals surface area (Å²) in [7, 11) is 0. The SMILES string of the molecule is Cc1cc2ncnn2cc1Nc1ncc2c(n1)N(c1cnn(CC(F)F)c1)C(=O)C21CC1. The number of amides is 1. The highest BCUT2D eigenvalue weighted by Crippen LogP contribution is 2.58. The van der Waals surface area contributed by atoms with Gasteiger partial charge in [0.05, 0.1) is 29.2 Å². The molecule has 0 radical (unpaired) electrons. The fourth-order valence-corrected chi connectivity index (χ4v) is 4.13. The summed E-state index contributed by atoms with van der Waals surface area (Å²) in [5.41, 5.74) is 2.91. The van der Waals surface area contributed by atoms with E-state index in [1.54, 1.807) is 16.9 Å². The number of carbonyl (C=O) groups excluding carboxylic acids is 1. The maximum absolute atomic E-state index is 13.3. The molecule has 12 heteroatoms. The molecule has 1 amide bonds. The van der Waals surface area contributed by atoms with Gasteiger partial charge in [-0.25, -0.2) is 23.3 Å². The van der Waals surface area contributed by atoms with E-state index in [0.717, 1.165) is 27.1 Å². The predicted molar refractivity (Wildman–Crippen MR) is 109 cm³/mol. The molecule has 2 aliphatic rings. The highest BCUT2D eigenvalue weighted by molar-refractivity contribution is 6.13. The van der Waals surface area contributed by atoms with Gasteiger partial charge >= 0.3 is 0 Å². The van der Waals surface area contributed by atoms with Gasteiger partial charge in [0.25, 0.3) is 6.43 Å². The Hall–Kier alpha value is -3.96. The number of hydrogen-bond acceptors (Lipinski definition) is 7. The van der Waals surface area contributed by atoms with Crippen LogP contribution in [0.1, 0.15) is 24.0 Å². The number of fused-ring (bicyclic) bond motifs is 3. The van der Waals surface area contributed by atoms with Crippen LogP contribution in [0, 0.1) is 6.92 Å². The summed E-state index contributed by atoms with van der Waals surface area (Å²) in [6.07, 6.45) is 6.64. The van der Waals surface area contributed by atoms with E-state index in [2.05, 4.69) is 30.5 Å². The average molecular weight is 437 g/mol. The summed E-state index contributed by atoms with van der Waals surface area (Å²) in [4.78, 5) is 27.9. The number of anilines is 4. The Morgan fingerprint density at radius 1 is 1.19 bits per heavy atom. The van der Waals surface area contributed by atoms with Crippen LogP contribution in [0.25, 0.3) is 5.65 Å². The van der Waals surface area contributed by atoms with Crippen LogP contribution in [-0.2, 0) is 16.8 Å². The van der Waals surface area contributed by atoms with Crippen LogP contribution in [0.3, 0.4) is 0 Å². The number of rotatable bonds is 5. The maximum atomic E-state index is 13.3. The number of hydrogen-bond donors (Lipinski definition) is 1. The smallest absolute Gasteiger partial charge is 0.257 e. The molecule has 0 unspecified atom stereocenters. The second-order valence-electron chi connectivity index (χ2n) is 8.02. The van der Waals surface area contributed by atoms with E-state index in [-0.39, 0.29) is 5.91 Å². The Morgan fingerprint density at radius 2 is 2.03 bits per heavy atom. The standard InChI is InChI=1S/C20H17F2N9O/c1-11-4-16-24-10-26-30(16)8-14(11)27-19-23-6-13-17(28-19)31(18(32)20(13)2-3-20)12-5-25-29(7-12)9-15(21)22/h4-8,10,15H,2-3,9H2,1H3,(H,23,27,28). The van der Waals surface area contributed by atoms with E-state index >= 15 is 0 Å². The van der Waals surface area contributed by atoms with Crippen molar-refractivity contribution in [1.29, 1.82) is 0 Å². The van der Waals surface area contributed by atoms with Crippen LogP contribution in [0.5, 0.6) is 0 Å². The van der Waals surface area contributed by atoms with Gasteiger partial charge in [0.1, 0.15) is 18.7 Å². The van der Waals surface area contributed by atoms with Crippen molar-refractivity contribution in [1.82, 2.24) is 34.3 Å². The van der Waals surface area contributed by atoms with Gasteiger partial charge < -0.3 is 5.32 Å². The van der Waals surface area contributed by atoms with E-state index in [0.29, 0.717) is 30.3 Å². The molecule has 162 valence electrons. The first kappa shape index (κ1) is 18.8. The molecule has 1 spiro atoms. The zero-order valence-electron chi connectivity index (χ0n) is 16.9. The first-order chi connectivity index (χ1) is 15.4. The predicted octanol–water partition coefficient (Wildman–Crippen LogP) is 2.74. The molecule has 0 aromatic carbocycles. The van der Waals surface area contributed by atoms with Crippen LogP contribution in [0.2, 0.25) is 0 Å². The van der Waals surface area contributed by atoms with Gasteiger partial charge in [-0.3, -0.25) is 14.4 Å². The minimum absolute atomic E-state index is 0.129. The lowest BCUT2D eigenvalue weighted by atomic mass is 10.0. The number of aryl methyl sites for hydroxylation is 1. The molecule has 1 saturated carbocycles. The van der Waals surface area contributed by atoms with Crippen molar-refractivity contribution >= 4 is 34.7 Å². The van der Waals surface area contributed by atoms with Crippen LogP contribution >= 0.6 is 0 Å². The molecule has 1 aliphatic carbocycles. The Balaban J connectivity index is 1.38. The highest BCUT2D eigenvalue weighted by atomic mass is 19.3. The molecule has 0 atom stereocenters. The first-order valence-corrected chi connectivity index (χ1v) is 10.0. The zero-order valence-corrected chi connectivity index (χ0v) is 16.9. The van der Waals surface area contributed by atoms with E-state index in [1.165, 1.54) is 23.6 Å². The van der Waals surface area contributed by atoms with Gasteiger partial charge in [0.15, 0.2) is 5.65 Å². The van der Waals surface area contributed by atoms with Crippen molar-refractivity contribution in [2.75, 3.05) is 10.2 Å². The second kappa shape index (κ2) is 6.52. The molecule has 4 aromatic rings. The summed E-state index contributed by atoms with van der Waals surface area (Å²) < 4.78 is 28.3. The molecule has 0 bridgehead atoms. The van der Waals surface area contributed by atoms with Gasteiger partial charge in [0, 0.05) is 18.0 Å². The monoisotopic (exact) mass is 437 g/mol. The molecule has 4 aromatic heterocycles. The van der Waals surface area contributed by atoms with Gasteiger partial charge in [0.2, 0.25) is 11.9 Å².